The van der Waals surface area contributed by atoms with Crippen molar-refractivity contribution in [2.75, 3.05) is 0 Å². The quantitative estimate of drug-likeness (QED) is 0.360. The van der Waals surface area contributed by atoms with Gasteiger partial charge in [-0.3, -0.25) is 4.79 Å². The van der Waals surface area contributed by atoms with Gasteiger partial charge in [0.05, 0.1) is 0 Å². The third-order valence-corrected chi connectivity index (χ3v) is 1.47. The zero-order valence-corrected chi connectivity index (χ0v) is 6.68. The molecule has 0 radical (unpaired) electrons. The molecule has 0 heterocycles. The minimum atomic E-state index is -0.900. The van der Waals surface area contributed by atoms with Crippen molar-refractivity contribution in [3.8, 4) is 0 Å². The first-order valence-electron chi connectivity index (χ1n) is 3.20. The average molecular weight is 160 g/mol. The lowest BCUT2D eigenvalue weighted by atomic mass is 10.2. The molecule has 2 nitrogen and oxygen atoms in total. The molecule has 3 heteroatoms. The van der Waals surface area contributed by atoms with Crippen LogP contribution in [0.2, 0.25) is 0 Å². The van der Waals surface area contributed by atoms with Gasteiger partial charge in [0.2, 0.25) is 5.12 Å². The Bertz CT molecular complexity index is 123. The van der Waals surface area contributed by atoms with Gasteiger partial charge in [-0.2, -0.15) is 0 Å². The first-order chi connectivity index (χ1) is 4.68. The highest BCUT2D eigenvalue weighted by Crippen LogP contribution is 2.03. The Balaban J connectivity index is 3.30. The molecule has 0 rings (SSSR count). The zero-order valence-electron chi connectivity index (χ0n) is 5.79. The molecular formula is C7H12O2S. The Hall–Kier alpha value is -0.280. The van der Waals surface area contributed by atoms with Crippen LogP contribution in [-0.2, 0) is 4.79 Å². The molecule has 0 aromatic heterocycles. The van der Waals surface area contributed by atoms with E-state index in [9.17, 15) is 4.79 Å². The Labute approximate surface area is 66.4 Å². The summed E-state index contributed by atoms with van der Waals surface area (Å²) in [5.41, 5.74) is 0. The van der Waals surface area contributed by atoms with Gasteiger partial charge in [0, 0.05) is 0 Å². The molecule has 0 aliphatic heterocycles. The monoisotopic (exact) mass is 160 g/mol. The summed E-state index contributed by atoms with van der Waals surface area (Å²) in [6, 6.07) is 0. The lowest BCUT2D eigenvalue weighted by Crippen LogP contribution is -2.14. The van der Waals surface area contributed by atoms with Crippen LogP contribution in [0.5, 0.6) is 0 Å². The molecule has 58 valence electrons. The molecule has 0 aromatic rings. The summed E-state index contributed by atoms with van der Waals surface area (Å²) in [6.07, 6.45) is 2.96. The van der Waals surface area contributed by atoms with E-state index < -0.39 is 11.2 Å². The highest BCUT2D eigenvalue weighted by atomic mass is 32.1. The highest BCUT2D eigenvalue weighted by molar-refractivity contribution is 7.96. The Morgan fingerprint density at radius 3 is 2.80 bits per heavy atom. The third-order valence-electron chi connectivity index (χ3n) is 1.17. The smallest absolute Gasteiger partial charge is 0.214 e. The van der Waals surface area contributed by atoms with Crippen molar-refractivity contribution in [2.45, 2.75) is 25.4 Å². The van der Waals surface area contributed by atoms with Crippen molar-refractivity contribution < 1.29 is 9.90 Å². The Morgan fingerprint density at radius 2 is 2.40 bits per heavy atom. The van der Waals surface area contributed by atoms with Gasteiger partial charge < -0.3 is 5.11 Å². The van der Waals surface area contributed by atoms with E-state index in [1.807, 2.05) is 0 Å². The van der Waals surface area contributed by atoms with Crippen molar-refractivity contribution in [1.29, 1.82) is 0 Å². The topological polar surface area (TPSA) is 37.3 Å². The summed E-state index contributed by atoms with van der Waals surface area (Å²) in [5, 5.41) is 8.44. The number of aliphatic hydroxyl groups is 1. The van der Waals surface area contributed by atoms with Crippen molar-refractivity contribution >= 4 is 17.7 Å². The zero-order chi connectivity index (χ0) is 7.98. The van der Waals surface area contributed by atoms with Crippen LogP contribution in [0.4, 0.5) is 0 Å². The van der Waals surface area contributed by atoms with Crippen LogP contribution < -0.4 is 0 Å². The fourth-order valence-corrected chi connectivity index (χ4v) is 0.708. The molecule has 0 saturated heterocycles. The number of thiol groups is 1. The van der Waals surface area contributed by atoms with Gasteiger partial charge >= 0.3 is 0 Å². The van der Waals surface area contributed by atoms with Gasteiger partial charge in [0.15, 0.2) is 0 Å². The summed E-state index contributed by atoms with van der Waals surface area (Å²) >= 11 is 3.48. The van der Waals surface area contributed by atoms with E-state index in [0.29, 0.717) is 6.42 Å². The van der Waals surface area contributed by atoms with E-state index >= 15 is 0 Å². The van der Waals surface area contributed by atoms with E-state index in [1.54, 1.807) is 6.08 Å². The fourth-order valence-electron chi connectivity index (χ4n) is 0.579. The predicted octanol–water partition coefficient (Wildman–Crippen LogP) is 1.16. The third kappa shape index (κ3) is 4.58. The molecule has 0 amide bonds. The van der Waals surface area contributed by atoms with Crippen LogP contribution in [0.25, 0.3) is 0 Å². The van der Waals surface area contributed by atoms with Gasteiger partial charge in [-0.1, -0.05) is 6.08 Å². The summed E-state index contributed by atoms with van der Waals surface area (Å²) in [5.74, 6) is 0. The molecule has 0 bridgehead atoms. The summed E-state index contributed by atoms with van der Waals surface area (Å²) < 4.78 is 0. The van der Waals surface area contributed by atoms with E-state index in [0.717, 1.165) is 12.8 Å². The summed E-state index contributed by atoms with van der Waals surface area (Å²) in [7, 11) is 0. The largest absolute Gasteiger partial charge is 0.384 e. The molecule has 0 saturated carbocycles. The molecule has 1 atom stereocenters. The van der Waals surface area contributed by atoms with Crippen molar-refractivity contribution in [1.82, 2.24) is 0 Å². The molecule has 0 spiro atoms. The van der Waals surface area contributed by atoms with Crippen LogP contribution in [0, 0.1) is 0 Å². The first-order valence-corrected chi connectivity index (χ1v) is 3.65. The molecule has 1 N–H and O–H groups in total. The Morgan fingerprint density at radius 1 is 1.80 bits per heavy atom. The summed E-state index contributed by atoms with van der Waals surface area (Å²) in [6.45, 7) is 3.52. The van der Waals surface area contributed by atoms with Crippen LogP contribution in [-0.4, -0.2) is 16.3 Å². The van der Waals surface area contributed by atoms with E-state index in [4.69, 9.17) is 5.11 Å². The van der Waals surface area contributed by atoms with Gasteiger partial charge in [-0.15, -0.1) is 19.2 Å². The molecule has 0 aliphatic carbocycles. The number of rotatable bonds is 5. The maximum absolute atomic E-state index is 10.3. The SMILES string of the molecule is C=CCCCC(O)C(=O)S. The van der Waals surface area contributed by atoms with Gasteiger partial charge in [-0.25, -0.2) is 0 Å². The number of hydrogen-bond donors (Lipinski definition) is 2. The summed E-state index contributed by atoms with van der Waals surface area (Å²) in [4.78, 5) is 10.3. The molecule has 0 aliphatic rings. The van der Waals surface area contributed by atoms with Crippen LogP contribution >= 0.6 is 12.6 Å². The molecule has 10 heavy (non-hydrogen) atoms. The minimum Gasteiger partial charge on any atom is -0.384 e. The number of hydrogen-bond acceptors (Lipinski definition) is 2. The van der Waals surface area contributed by atoms with Crippen molar-refractivity contribution in [3.05, 3.63) is 12.7 Å². The second-order valence-electron chi connectivity index (χ2n) is 2.07. The lowest BCUT2D eigenvalue weighted by molar-refractivity contribution is -0.118. The fraction of sp³-hybridized carbons (Fsp3) is 0.571. The lowest BCUT2D eigenvalue weighted by Gasteiger charge is -2.02. The first kappa shape index (κ1) is 9.72. The van der Waals surface area contributed by atoms with Crippen LogP contribution in [0.1, 0.15) is 19.3 Å². The number of carbonyl (C=O) groups is 1. The number of allylic oxidation sites excluding steroid dienone is 1. The normalized spacial score (nSPS) is 12.6. The second-order valence-corrected chi connectivity index (χ2v) is 2.51. The van der Waals surface area contributed by atoms with E-state index in [1.165, 1.54) is 0 Å². The average Bonchev–Trinajstić information content (AvgIpc) is 1.88. The van der Waals surface area contributed by atoms with Crippen molar-refractivity contribution in [2.24, 2.45) is 0 Å². The number of carbonyl (C=O) groups excluding carboxylic acids is 1. The standard InChI is InChI=1S/C7H12O2S/c1-2-3-4-5-6(8)7(9)10/h2,6,8H,1,3-5H2,(H,9,10). The minimum absolute atomic E-state index is 0.455. The van der Waals surface area contributed by atoms with E-state index in [2.05, 4.69) is 19.2 Å². The number of aliphatic hydroxyl groups excluding tert-OH is 1. The van der Waals surface area contributed by atoms with Gasteiger partial charge in [-0.05, 0) is 19.3 Å². The number of unbranched alkanes of at least 4 members (excludes halogenated alkanes) is 1. The molecule has 0 aromatic carbocycles. The predicted molar refractivity (Wildman–Crippen MR) is 44.0 cm³/mol. The highest BCUT2D eigenvalue weighted by Gasteiger charge is 2.08. The maximum atomic E-state index is 10.3. The molecule has 0 fully saturated rings. The van der Waals surface area contributed by atoms with Crippen molar-refractivity contribution in [3.63, 3.8) is 0 Å². The molecule has 1 unspecified atom stereocenters. The Kier molecular flexibility index (Phi) is 5.35. The van der Waals surface area contributed by atoms with Crippen LogP contribution in [0.15, 0.2) is 12.7 Å². The van der Waals surface area contributed by atoms with Gasteiger partial charge in [0.1, 0.15) is 6.10 Å². The van der Waals surface area contributed by atoms with E-state index in [-0.39, 0.29) is 0 Å². The van der Waals surface area contributed by atoms with Crippen LogP contribution in [0.3, 0.4) is 0 Å². The second kappa shape index (κ2) is 5.50. The maximum Gasteiger partial charge on any atom is 0.214 e. The van der Waals surface area contributed by atoms with Gasteiger partial charge in [0.25, 0.3) is 0 Å². The molecular weight excluding hydrogens is 148 g/mol.